The molecular weight excluding hydrogens is 362 g/mol. The number of benzene rings is 2. The molecule has 0 amide bonds. The zero-order valence-corrected chi connectivity index (χ0v) is 16.5. The molecule has 0 N–H and O–H groups in total. The summed E-state index contributed by atoms with van der Waals surface area (Å²) in [5, 5.41) is 12.1. The van der Waals surface area contributed by atoms with Gasteiger partial charge in [0.1, 0.15) is 5.69 Å². The number of nitro benzene ring substituents is 1. The summed E-state index contributed by atoms with van der Waals surface area (Å²) in [6.07, 6.45) is 2.07. The molecular formula is C20H23N3O3S. The smallest absolute Gasteiger partial charge is 0.293 e. The van der Waals surface area contributed by atoms with Crippen LogP contribution in [0.4, 0.5) is 11.4 Å². The number of anilines is 1. The number of nitro groups is 1. The molecule has 1 aliphatic heterocycles. The number of ketones is 1. The average Bonchev–Trinajstić information content (AvgIpc) is 3.12. The molecule has 1 fully saturated rings. The number of carbonyl (C=O) groups is 1. The van der Waals surface area contributed by atoms with Gasteiger partial charge in [-0.25, -0.2) is 0 Å². The number of nitrogens with zero attached hydrogens (tertiary/aromatic N) is 3. The third-order valence-electron chi connectivity index (χ3n) is 5.01. The first-order valence-corrected chi connectivity index (χ1v) is 10.0. The van der Waals surface area contributed by atoms with Crippen LogP contribution in [0, 0.1) is 10.1 Å². The third-order valence-corrected chi connectivity index (χ3v) is 6.08. The number of hydrogen-bond donors (Lipinski definition) is 0. The lowest BCUT2D eigenvalue weighted by atomic mass is 10.0. The van der Waals surface area contributed by atoms with Gasteiger partial charge in [-0.05, 0) is 32.5 Å². The van der Waals surface area contributed by atoms with Crippen molar-refractivity contribution < 1.29 is 9.72 Å². The lowest BCUT2D eigenvalue weighted by molar-refractivity contribution is -0.384. The maximum absolute atomic E-state index is 12.6. The minimum atomic E-state index is -0.395. The van der Waals surface area contributed by atoms with E-state index >= 15 is 0 Å². The zero-order chi connectivity index (χ0) is 19.6. The lowest BCUT2D eigenvalue weighted by Gasteiger charge is -2.23. The molecule has 7 heteroatoms. The van der Waals surface area contributed by atoms with Gasteiger partial charge in [-0.15, -0.1) is 0 Å². The molecule has 2 aromatic rings. The van der Waals surface area contributed by atoms with E-state index in [-0.39, 0.29) is 11.5 Å². The SMILES string of the molecule is CS[C@@H]1CN(c2ccc(C(=O)c3ccccc3)cc2[N+](=O)[O-])C[C@H]1N(C)C. The Morgan fingerprint density at radius 3 is 2.41 bits per heavy atom. The highest BCUT2D eigenvalue weighted by molar-refractivity contribution is 7.99. The molecule has 2 atom stereocenters. The molecule has 0 aromatic heterocycles. The number of hydrogen-bond acceptors (Lipinski definition) is 6. The van der Waals surface area contributed by atoms with Crippen LogP contribution in [-0.4, -0.2) is 60.3 Å². The Balaban J connectivity index is 1.94. The summed E-state index contributed by atoms with van der Waals surface area (Å²) in [6, 6.07) is 14.0. The van der Waals surface area contributed by atoms with E-state index in [1.54, 1.807) is 48.2 Å². The van der Waals surface area contributed by atoms with Crippen molar-refractivity contribution in [2.45, 2.75) is 11.3 Å². The Morgan fingerprint density at radius 2 is 1.85 bits per heavy atom. The predicted molar refractivity (Wildman–Crippen MR) is 110 cm³/mol. The molecule has 0 aliphatic carbocycles. The molecule has 1 saturated heterocycles. The molecule has 3 rings (SSSR count). The summed E-state index contributed by atoms with van der Waals surface area (Å²) in [5.74, 6) is -0.208. The van der Waals surface area contributed by atoms with E-state index in [0.29, 0.717) is 28.1 Å². The molecule has 2 aromatic carbocycles. The van der Waals surface area contributed by atoms with E-state index in [1.807, 2.05) is 20.2 Å². The van der Waals surface area contributed by atoms with E-state index in [2.05, 4.69) is 16.1 Å². The van der Waals surface area contributed by atoms with E-state index in [9.17, 15) is 14.9 Å². The quantitative estimate of drug-likeness (QED) is 0.432. The fraction of sp³-hybridized carbons (Fsp3) is 0.350. The summed E-state index contributed by atoms with van der Waals surface area (Å²) < 4.78 is 0. The Kier molecular flexibility index (Phi) is 5.82. The Hall–Kier alpha value is -2.38. The first-order valence-electron chi connectivity index (χ1n) is 8.74. The van der Waals surface area contributed by atoms with Crippen LogP contribution in [0.15, 0.2) is 48.5 Å². The number of likely N-dealkylation sites (N-methyl/N-ethyl adjacent to an activating group) is 1. The molecule has 1 heterocycles. The van der Waals surface area contributed by atoms with E-state index in [0.717, 1.165) is 13.1 Å². The fourth-order valence-electron chi connectivity index (χ4n) is 3.52. The van der Waals surface area contributed by atoms with Crippen molar-refractivity contribution in [1.29, 1.82) is 0 Å². The monoisotopic (exact) mass is 385 g/mol. The van der Waals surface area contributed by atoms with E-state index in [1.165, 1.54) is 6.07 Å². The molecule has 1 aliphatic rings. The molecule has 0 saturated carbocycles. The lowest BCUT2D eigenvalue weighted by Crippen LogP contribution is -2.36. The summed E-state index contributed by atoms with van der Waals surface area (Å²) >= 11 is 1.78. The standard InChI is InChI=1S/C20H23N3O3S/c1-21(2)18-12-22(13-19(18)27-3)16-10-9-15(11-17(16)23(25)26)20(24)14-7-5-4-6-8-14/h4-11,18-19H,12-13H2,1-3H3/t18-,19-/m1/s1. The van der Waals surface area contributed by atoms with Crippen LogP contribution in [0.5, 0.6) is 0 Å². The van der Waals surface area contributed by atoms with Gasteiger partial charge in [0.25, 0.3) is 5.69 Å². The van der Waals surface area contributed by atoms with Gasteiger partial charge in [0.05, 0.1) is 4.92 Å². The number of thioether (sulfide) groups is 1. The highest BCUT2D eigenvalue weighted by Crippen LogP contribution is 2.35. The predicted octanol–water partition coefficient (Wildman–Crippen LogP) is 3.31. The van der Waals surface area contributed by atoms with Crippen LogP contribution < -0.4 is 4.90 Å². The summed E-state index contributed by atoms with van der Waals surface area (Å²) in [7, 11) is 4.07. The average molecular weight is 385 g/mol. The highest BCUT2D eigenvalue weighted by Gasteiger charge is 2.36. The fourth-order valence-corrected chi connectivity index (χ4v) is 4.49. The summed E-state index contributed by atoms with van der Waals surface area (Å²) in [5.41, 5.74) is 1.42. The first kappa shape index (κ1) is 19.4. The topological polar surface area (TPSA) is 66.7 Å². The van der Waals surface area contributed by atoms with Crippen LogP contribution >= 0.6 is 11.8 Å². The first-order chi connectivity index (χ1) is 12.9. The molecule has 0 radical (unpaired) electrons. The number of carbonyl (C=O) groups excluding carboxylic acids is 1. The maximum Gasteiger partial charge on any atom is 0.293 e. The van der Waals surface area contributed by atoms with Gasteiger partial charge in [-0.1, -0.05) is 30.3 Å². The van der Waals surface area contributed by atoms with Crippen molar-refractivity contribution in [3.8, 4) is 0 Å². The summed E-state index contributed by atoms with van der Waals surface area (Å²) in [4.78, 5) is 28.2. The maximum atomic E-state index is 12.6. The van der Waals surface area contributed by atoms with Crippen LogP contribution in [-0.2, 0) is 0 Å². The molecule has 142 valence electrons. The minimum absolute atomic E-state index is 0.0176. The zero-order valence-electron chi connectivity index (χ0n) is 15.7. The van der Waals surface area contributed by atoms with Gasteiger partial charge in [0, 0.05) is 41.6 Å². The minimum Gasteiger partial charge on any atom is -0.363 e. The number of rotatable bonds is 6. The summed E-state index contributed by atoms with van der Waals surface area (Å²) in [6.45, 7) is 1.47. The molecule has 0 bridgehead atoms. The van der Waals surface area contributed by atoms with Crippen molar-refractivity contribution >= 4 is 28.9 Å². The van der Waals surface area contributed by atoms with Crippen molar-refractivity contribution in [1.82, 2.24) is 4.90 Å². The molecule has 6 nitrogen and oxygen atoms in total. The molecule has 27 heavy (non-hydrogen) atoms. The highest BCUT2D eigenvalue weighted by atomic mass is 32.2. The van der Waals surface area contributed by atoms with Crippen LogP contribution in [0.1, 0.15) is 15.9 Å². The van der Waals surface area contributed by atoms with Crippen molar-refractivity contribution in [3.63, 3.8) is 0 Å². The van der Waals surface area contributed by atoms with Crippen LogP contribution in [0.25, 0.3) is 0 Å². The largest absolute Gasteiger partial charge is 0.363 e. The Bertz CT molecular complexity index is 842. The van der Waals surface area contributed by atoms with E-state index in [4.69, 9.17) is 0 Å². The third kappa shape index (κ3) is 3.99. The van der Waals surface area contributed by atoms with Gasteiger partial charge < -0.3 is 9.80 Å². The van der Waals surface area contributed by atoms with Crippen molar-refractivity contribution in [2.75, 3.05) is 38.3 Å². The van der Waals surface area contributed by atoms with Gasteiger partial charge in [0.2, 0.25) is 0 Å². The Morgan fingerprint density at radius 1 is 1.15 bits per heavy atom. The second kappa shape index (κ2) is 8.10. The van der Waals surface area contributed by atoms with Gasteiger partial charge >= 0.3 is 0 Å². The molecule has 0 unspecified atom stereocenters. The van der Waals surface area contributed by atoms with Gasteiger partial charge in [0.15, 0.2) is 5.78 Å². The normalized spacial score (nSPS) is 19.5. The van der Waals surface area contributed by atoms with Gasteiger partial charge in [-0.2, -0.15) is 11.8 Å². The van der Waals surface area contributed by atoms with Crippen LogP contribution in [0.2, 0.25) is 0 Å². The van der Waals surface area contributed by atoms with Gasteiger partial charge in [-0.3, -0.25) is 14.9 Å². The molecule has 0 spiro atoms. The van der Waals surface area contributed by atoms with Crippen molar-refractivity contribution in [2.24, 2.45) is 0 Å². The van der Waals surface area contributed by atoms with E-state index < -0.39 is 4.92 Å². The second-order valence-corrected chi connectivity index (χ2v) is 7.94. The van der Waals surface area contributed by atoms with Crippen LogP contribution in [0.3, 0.4) is 0 Å². The second-order valence-electron chi connectivity index (χ2n) is 6.87. The Labute approximate surface area is 163 Å². The van der Waals surface area contributed by atoms with Crippen molar-refractivity contribution in [3.05, 3.63) is 69.8 Å².